The molecule has 0 radical (unpaired) electrons. The molecule has 0 N–H and O–H groups in total. The van der Waals surface area contributed by atoms with Gasteiger partial charge in [-0.3, -0.25) is 4.79 Å². The predicted molar refractivity (Wildman–Crippen MR) is 227 cm³/mol. The molecule has 3 nitrogen and oxygen atoms in total. The lowest BCUT2D eigenvalue weighted by atomic mass is 10.0. The maximum absolute atomic E-state index is 15.4. The van der Waals surface area contributed by atoms with E-state index in [2.05, 4.69) is 97.7 Å². The van der Waals surface area contributed by atoms with Gasteiger partial charge in [-0.1, -0.05) is 163 Å². The quantitative estimate of drug-likeness (QED) is 0.105. The van der Waals surface area contributed by atoms with Crippen LogP contribution in [-0.2, 0) is 13.6 Å². The summed E-state index contributed by atoms with van der Waals surface area (Å²) in [6.45, 7) is 19.3. The number of rotatable bonds is 12. The van der Waals surface area contributed by atoms with Crippen molar-refractivity contribution in [2.45, 2.75) is 103 Å². The average molecular weight is 873 g/mol. The van der Waals surface area contributed by atoms with Crippen molar-refractivity contribution in [1.29, 1.82) is 0 Å². The first kappa shape index (κ1) is 43.9. The molecular formula is C43H54Br2F2O3Si2. The van der Waals surface area contributed by atoms with Crippen LogP contribution >= 0.6 is 31.9 Å². The zero-order chi connectivity index (χ0) is 39.0. The second kappa shape index (κ2) is 17.7. The van der Waals surface area contributed by atoms with Gasteiger partial charge >= 0.3 is 0 Å². The summed E-state index contributed by atoms with van der Waals surface area (Å²) in [5.41, 5.74) is -3.66. The van der Waals surface area contributed by atoms with E-state index in [4.69, 9.17) is 8.85 Å². The molecule has 0 aliphatic heterocycles. The van der Waals surface area contributed by atoms with Crippen LogP contribution in [0.4, 0.5) is 8.78 Å². The number of carbonyl (C=O) groups is 1. The molecule has 0 bridgehead atoms. The van der Waals surface area contributed by atoms with Crippen molar-refractivity contribution in [1.82, 2.24) is 0 Å². The van der Waals surface area contributed by atoms with Crippen molar-refractivity contribution in [3.63, 3.8) is 0 Å². The molecule has 0 amide bonds. The van der Waals surface area contributed by atoms with E-state index in [1.807, 2.05) is 104 Å². The Kier molecular flexibility index (Phi) is 15.0. The standard InChI is InChI=1S/C22H27Br2FOSi.C21H27FO2Si/c1-17(22(5,25)16-20(23)24)26-27(21(2,3)4,18-12-8-6-9-13-18)19-14-10-7-11-15-19;1-17(21(5,22)16-23)24-25(20(2,3)4,18-12-8-6-9-13-18)19-14-10-7-11-15-19/h6-17H,1-5H3;6-17H,1-5H3. The van der Waals surface area contributed by atoms with Crippen molar-refractivity contribution < 1.29 is 22.4 Å². The number of carbonyl (C=O) groups excluding carboxylic acids is 1. The fraction of sp³-hybridized carbons (Fsp3) is 0.372. The van der Waals surface area contributed by atoms with E-state index < -0.39 is 40.2 Å². The van der Waals surface area contributed by atoms with Crippen LogP contribution in [0.1, 0.15) is 69.2 Å². The molecule has 0 saturated heterocycles. The van der Waals surface area contributed by atoms with Crippen molar-refractivity contribution >= 4 is 75.5 Å². The lowest BCUT2D eigenvalue weighted by Gasteiger charge is -2.46. The van der Waals surface area contributed by atoms with Gasteiger partial charge in [0, 0.05) is 0 Å². The Morgan fingerprint density at radius 3 is 1.00 bits per heavy atom. The SMILES string of the molecule is CC(O[Si](c1ccccc1)(c1ccccc1)C(C)(C)C)C(C)(F)C=C(Br)Br.CC(O[Si](c1ccccc1)(c1ccccc1)C(C)(C)C)C(C)(F)C=O. The molecule has 0 aliphatic rings. The molecule has 4 aromatic carbocycles. The van der Waals surface area contributed by atoms with Gasteiger partial charge in [-0.25, -0.2) is 8.78 Å². The van der Waals surface area contributed by atoms with Gasteiger partial charge in [-0.05, 0) is 96.5 Å². The molecule has 4 aromatic rings. The Bertz CT molecular complexity index is 1640. The molecule has 4 unspecified atom stereocenters. The average Bonchev–Trinajstić information content (AvgIpc) is 3.09. The zero-order valence-electron chi connectivity index (χ0n) is 32.1. The van der Waals surface area contributed by atoms with E-state index in [0.29, 0.717) is 9.68 Å². The third-order valence-corrected chi connectivity index (χ3v) is 20.4. The number of hydrogen-bond donors (Lipinski definition) is 0. The molecule has 0 heterocycles. The van der Waals surface area contributed by atoms with Gasteiger partial charge in [0.1, 0.15) is 0 Å². The summed E-state index contributed by atoms with van der Waals surface area (Å²) in [7, 11) is -5.61. The Morgan fingerprint density at radius 1 is 0.538 bits per heavy atom. The van der Waals surface area contributed by atoms with Crippen molar-refractivity contribution in [3.8, 4) is 0 Å². The van der Waals surface area contributed by atoms with Crippen LogP contribution in [0.3, 0.4) is 0 Å². The highest BCUT2D eigenvalue weighted by Crippen LogP contribution is 2.40. The van der Waals surface area contributed by atoms with Gasteiger partial charge in [0.05, 0.1) is 15.6 Å². The minimum absolute atomic E-state index is 0.185. The first-order chi connectivity index (χ1) is 24.2. The molecule has 0 spiro atoms. The van der Waals surface area contributed by atoms with Crippen LogP contribution in [0.2, 0.25) is 10.1 Å². The monoisotopic (exact) mass is 870 g/mol. The third-order valence-electron chi connectivity index (χ3n) is 9.75. The molecule has 4 atom stereocenters. The summed E-state index contributed by atoms with van der Waals surface area (Å²) < 4.78 is 44.1. The number of halogens is 4. The zero-order valence-corrected chi connectivity index (χ0v) is 37.3. The lowest BCUT2D eigenvalue weighted by molar-refractivity contribution is -0.122. The molecule has 52 heavy (non-hydrogen) atoms. The lowest BCUT2D eigenvalue weighted by Crippen LogP contribution is -2.68. The van der Waals surface area contributed by atoms with Gasteiger partial charge in [-0.2, -0.15) is 0 Å². The van der Waals surface area contributed by atoms with Crippen molar-refractivity contribution in [2.24, 2.45) is 0 Å². The number of alkyl halides is 2. The molecule has 0 fully saturated rings. The van der Waals surface area contributed by atoms with Crippen LogP contribution in [0.15, 0.2) is 131 Å². The fourth-order valence-electron chi connectivity index (χ4n) is 6.57. The van der Waals surface area contributed by atoms with E-state index in [-0.39, 0.29) is 10.1 Å². The third kappa shape index (κ3) is 9.95. The number of aldehydes is 1. The van der Waals surface area contributed by atoms with E-state index in [9.17, 15) is 9.18 Å². The van der Waals surface area contributed by atoms with Crippen LogP contribution < -0.4 is 20.7 Å². The maximum atomic E-state index is 15.4. The minimum Gasteiger partial charge on any atom is -0.401 e. The fourth-order valence-corrected chi connectivity index (χ4v) is 17.0. The van der Waals surface area contributed by atoms with Gasteiger partial charge < -0.3 is 8.85 Å². The topological polar surface area (TPSA) is 35.5 Å². The van der Waals surface area contributed by atoms with E-state index >= 15 is 4.39 Å². The molecular weight excluding hydrogens is 818 g/mol. The summed E-state index contributed by atoms with van der Waals surface area (Å²) in [6, 6.07) is 40.6. The predicted octanol–water partition coefficient (Wildman–Crippen LogP) is 10.2. The Labute approximate surface area is 329 Å². The minimum atomic E-state index is -2.84. The highest BCUT2D eigenvalue weighted by Gasteiger charge is 2.54. The normalized spacial score (nSPS) is 15.9. The second-order valence-electron chi connectivity index (χ2n) is 15.7. The maximum Gasteiger partial charge on any atom is 0.261 e. The highest BCUT2D eigenvalue weighted by atomic mass is 79.9. The van der Waals surface area contributed by atoms with Crippen molar-refractivity contribution in [3.05, 3.63) is 131 Å². The van der Waals surface area contributed by atoms with Crippen LogP contribution in [-0.4, -0.2) is 46.5 Å². The Hall–Kier alpha value is -2.54. The molecule has 9 heteroatoms. The summed E-state index contributed by atoms with van der Waals surface area (Å²) in [5, 5.41) is 4.00. The van der Waals surface area contributed by atoms with Crippen LogP contribution in [0.5, 0.6) is 0 Å². The van der Waals surface area contributed by atoms with Crippen LogP contribution in [0.25, 0.3) is 0 Å². The van der Waals surface area contributed by atoms with Gasteiger partial charge in [0.2, 0.25) is 0 Å². The molecule has 280 valence electrons. The van der Waals surface area contributed by atoms with Gasteiger partial charge in [0.15, 0.2) is 17.6 Å². The Balaban J connectivity index is 0.000000281. The van der Waals surface area contributed by atoms with Gasteiger partial charge in [-0.15, -0.1) is 0 Å². The second-order valence-corrected chi connectivity index (χ2v) is 27.0. The van der Waals surface area contributed by atoms with Gasteiger partial charge in [0.25, 0.3) is 16.6 Å². The smallest absolute Gasteiger partial charge is 0.261 e. The molecule has 0 saturated carbocycles. The molecule has 0 aromatic heterocycles. The van der Waals surface area contributed by atoms with E-state index in [1.54, 1.807) is 13.8 Å². The van der Waals surface area contributed by atoms with Crippen molar-refractivity contribution in [2.75, 3.05) is 0 Å². The summed E-state index contributed by atoms with van der Waals surface area (Å²) in [6.07, 6.45) is 0.371. The van der Waals surface area contributed by atoms with E-state index in [1.165, 1.54) is 13.0 Å². The number of hydrogen-bond acceptors (Lipinski definition) is 3. The van der Waals surface area contributed by atoms with Crippen LogP contribution in [0, 0.1) is 0 Å². The highest BCUT2D eigenvalue weighted by molar-refractivity contribution is 9.28. The van der Waals surface area contributed by atoms with E-state index in [0.717, 1.165) is 20.7 Å². The largest absolute Gasteiger partial charge is 0.401 e. The first-order valence-corrected chi connectivity index (χ1v) is 23.0. The molecule has 0 aliphatic carbocycles. The summed E-state index contributed by atoms with van der Waals surface area (Å²) >= 11 is 6.56. The first-order valence-electron chi connectivity index (χ1n) is 17.6. The number of benzene rings is 4. The Morgan fingerprint density at radius 2 is 0.788 bits per heavy atom. The summed E-state index contributed by atoms with van der Waals surface area (Å²) in [4.78, 5) is 11.2. The summed E-state index contributed by atoms with van der Waals surface area (Å²) in [5.74, 6) is 0. The molecule has 4 rings (SSSR count).